The molecule has 0 fully saturated rings. The van der Waals surface area contributed by atoms with Crippen LogP contribution in [0.1, 0.15) is 21.5 Å². The van der Waals surface area contributed by atoms with Crippen molar-refractivity contribution in [1.82, 2.24) is 5.32 Å². The number of nitro groups is 1. The van der Waals surface area contributed by atoms with Crippen molar-refractivity contribution >= 4 is 40.9 Å². The zero-order chi connectivity index (χ0) is 23.3. The lowest BCUT2D eigenvalue weighted by atomic mass is 10.1. The third-order valence-electron chi connectivity index (χ3n) is 4.52. The molecule has 0 atom stereocenters. The summed E-state index contributed by atoms with van der Waals surface area (Å²) in [7, 11) is 0. The highest BCUT2D eigenvalue weighted by molar-refractivity contribution is 6.31. The number of hydrogen-bond donors (Lipinski definition) is 2. The average molecular weight is 454 g/mol. The Morgan fingerprint density at radius 3 is 2.50 bits per heavy atom. The van der Waals surface area contributed by atoms with Crippen LogP contribution in [0.3, 0.4) is 0 Å². The van der Waals surface area contributed by atoms with Gasteiger partial charge in [-0.25, -0.2) is 4.39 Å². The van der Waals surface area contributed by atoms with E-state index in [9.17, 15) is 24.1 Å². The Balaban J connectivity index is 1.98. The van der Waals surface area contributed by atoms with Gasteiger partial charge in [0.25, 0.3) is 17.5 Å². The molecule has 0 saturated heterocycles. The number of amides is 2. The van der Waals surface area contributed by atoms with Crippen molar-refractivity contribution < 1.29 is 18.9 Å². The number of nitrogens with one attached hydrogen (secondary N) is 2. The van der Waals surface area contributed by atoms with Gasteiger partial charge in [-0.05, 0) is 48.4 Å². The zero-order valence-electron chi connectivity index (χ0n) is 16.8. The fourth-order valence-corrected chi connectivity index (χ4v) is 3.00. The molecule has 3 aromatic carbocycles. The minimum Gasteiger partial charge on any atom is -0.320 e. The summed E-state index contributed by atoms with van der Waals surface area (Å²) in [5.41, 5.74) is 0.623. The second-order valence-corrected chi connectivity index (χ2v) is 7.12. The summed E-state index contributed by atoms with van der Waals surface area (Å²) >= 11 is 6.09. The van der Waals surface area contributed by atoms with E-state index in [-0.39, 0.29) is 16.9 Å². The van der Waals surface area contributed by atoms with E-state index in [1.807, 2.05) is 0 Å². The number of benzene rings is 3. The van der Waals surface area contributed by atoms with Gasteiger partial charge in [-0.3, -0.25) is 19.7 Å². The van der Waals surface area contributed by atoms with Crippen molar-refractivity contribution in [3.05, 3.63) is 110 Å². The number of nitrogens with zero attached hydrogens (tertiary/aromatic N) is 1. The van der Waals surface area contributed by atoms with Crippen molar-refractivity contribution in [2.75, 3.05) is 5.32 Å². The maximum Gasteiger partial charge on any atom is 0.272 e. The summed E-state index contributed by atoms with van der Waals surface area (Å²) in [5.74, 6) is -2.32. The topological polar surface area (TPSA) is 101 Å². The normalized spacial score (nSPS) is 11.0. The van der Waals surface area contributed by atoms with E-state index in [2.05, 4.69) is 10.6 Å². The molecule has 9 heteroatoms. The van der Waals surface area contributed by atoms with Gasteiger partial charge in [0.15, 0.2) is 0 Å². The second-order valence-electron chi connectivity index (χ2n) is 6.71. The molecule has 0 aliphatic heterocycles. The summed E-state index contributed by atoms with van der Waals surface area (Å²) < 4.78 is 14.0. The van der Waals surface area contributed by atoms with Crippen molar-refractivity contribution in [2.24, 2.45) is 0 Å². The van der Waals surface area contributed by atoms with Gasteiger partial charge in [-0.1, -0.05) is 41.9 Å². The molecule has 0 saturated carbocycles. The Morgan fingerprint density at radius 2 is 1.78 bits per heavy atom. The number of carbonyl (C=O) groups is 2. The molecular weight excluding hydrogens is 437 g/mol. The van der Waals surface area contributed by atoms with Crippen molar-refractivity contribution in [3.8, 4) is 0 Å². The number of nitro benzene ring substituents is 1. The fourth-order valence-electron chi connectivity index (χ4n) is 2.82. The van der Waals surface area contributed by atoms with E-state index in [1.165, 1.54) is 48.5 Å². The first-order valence-electron chi connectivity index (χ1n) is 9.35. The minimum atomic E-state index is -0.849. The molecule has 0 heterocycles. The van der Waals surface area contributed by atoms with Gasteiger partial charge < -0.3 is 10.6 Å². The predicted octanol–water partition coefficient (Wildman–Crippen LogP) is 5.11. The number of halogens is 2. The Hall–Kier alpha value is -4.04. The monoisotopic (exact) mass is 453 g/mol. The molecule has 3 rings (SSSR count). The molecule has 0 aliphatic carbocycles. The lowest BCUT2D eigenvalue weighted by Gasteiger charge is -2.13. The highest BCUT2D eigenvalue weighted by atomic mass is 35.5. The molecule has 0 bridgehead atoms. The van der Waals surface area contributed by atoms with E-state index in [4.69, 9.17) is 11.6 Å². The molecule has 3 aromatic rings. The van der Waals surface area contributed by atoms with Gasteiger partial charge in [0, 0.05) is 22.8 Å². The first-order chi connectivity index (χ1) is 15.3. The largest absolute Gasteiger partial charge is 0.320 e. The van der Waals surface area contributed by atoms with Crippen molar-refractivity contribution in [3.63, 3.8) is 0 Å². The second kappa shape index (κ2) is 9.84. The van der Waals surface area contributed by atoms with Crippen LogP contribution >= 0.6 is 11.6 Å². The van der Waals surface area contributed by atoms with Crippen LogP contribution in [0.2, 0.25) is 5.02 Å². The first-order valence-corrected chi connectivity index (χ1v) is 9.72. The van der Waals surface area contributed by atoms with Gasteiger partial charge in [0.1, 0.15) is 11.5 Å². The van der Waals surface area contributed by atoms with Crippen molar-refractivity contribution in [1.29, 1.82) is 0 Å². The molecule has 0 radical (unpaired) electrons. The fraction of sp³-hybridized carbons (Fsp3) is 0.0435. The maximum atomic E-state index is 14.0. The van der Waals surface area contributed by atoms with Crippen molar-refractivity contribution in [2.45, 2.75) is 6.92 Å². The lowest BCUT2D eigenvalue weighted by Crippen LogP contribution is -2.31. The SMILES string of the molecule is Cc1c(Cl)cccc1NC(=O)/C(=C/c1cccc([N+](=O)[O-])c1)NC(=O)c1ccccc1F. The number of hydrogen-bond acceptors (Lipinski definition) is 4. The Labute approximate surface area is 187 Å². The molecule has 32 heavy (non-hydrogen) atoms. The third kappa shape index (κ3) is 5.35. The van der Waals surface area contributed by atoms with Gasteiger partial charge in [0.05, 0.1) is 10.5 Å². The number of carbonyl (C=O) groups excluding carboxylic acids is 2. The lowest BCUT2D eigenvalue weighted by molar-refractivity contribution is -0.384. The zero-order valence-corrected chi connectivity index (χ0v) is 17.5. The van der Waals surface area contributed by atoms with E-state index in [0.717, 1.165) is 6.07 Å². The molecule has 0 aromatic heterocycles. The van der Waals surface area contributed by atoms with Gasteiger partial charge in [0.2, 0.25) is 0 Å². The summed E-state index contributed by atoms with van der Waals surface area (Å²) in [4.78, 5) is 36.1. The maximum absolute atomic E-state index is 14.0. The van der Waals surface area contributed by atoms with Crippen LogP contribution in [0.5, 0.6) is 0 Å². The molecule has 2 amide bonds. The van der Waals surface area contributed by atoms with Crippen LogP contribution in [0.4, 0.5) is 15.8 Å². The van der Waals surface area contributed by atoms with Crippen LogP contribution in [0, 0.1) is 22.9 Å². The smallest absolute Gasteiger partial charge is 0.272 e. The minimum absolute atomic E-state index is 0.190. The van der Waals surface area contributed by atoms with Gasteiger partial charge >= 0.3 is 0 Å². The van der Waals surface area contributed by atoms with E-state index >= 15 is 0 Å². The summed E-state index contributed by atoms with van der Waals surface area (Å²) in [6.45, 7) is 1.71. The number of non-ortho nitro benzene ring substituents is 1. The molecule has 0 spiro atoms. The highest BCUT2D eigenvalue weighted by Crippen LogP contribution is 2.24. The average Bonchev–Trinajstić information content (AvgIpc) is 2.76. The molecule has 162 valence electrons. The molecule has 7 nitrogen and oxygen atoms in total. The van der Waals surface area contributed by atoms with Gasteiger partial charge in [-0.15, -0.1) is 0 Å². The summed E-state index contributed by atoms with van der Waals surface area (Å²) in [6.07, 6.45) is 1.26. The quantitative estimate of drug-likeness (QED) is 0.308. The van der Waals surface area contributed by atoms with Crippen LogP contribution in [-0.2, 0) is 4.79 Å². The summed E-state index contributed by atoms with van der Waals surface area (Å²) in [6, 6.07) is 15.7. The third-order valence-corrected chi connectivity index (χ3v) is 4.93. The number of rotatable bonds is 6. The highest BCUT2D eigenvalue weighted by Gasteiger charge is 2.18. The van der Waals surface area contributed by atoms with Crippen LogP contribution < -0.4 is 10.6 Å². The summed E-state index contributed by atoms with van der Waals surface area (Å²) in [5, 5.41) is 16.5. The van der Waals surface area contributed by atoms with E-state index < -0.39 is 22.6 Å². The Kier molecular flexibility index (Phi) is 6.97. The first kappa shape index (κ1) is 22.6. The van der Waals surface area contributed by atoms with E-state index in [0.29, 0.717) is 21.8 Å². The predicted molar refractivity (Wildman–Crippen MR) is 120 cm³/mol. The van der Waals surface area contributed by atoms with Crippen LogP contribution in [0.15, 0.2) is 72.4 Å². The van der Waals surface area contributed by atoms with Gasteiger partial charge in [-0.2, -0.15) is 0 Å². The molecular formula is C23H17ClFN3O4. The molecule has 0 aliphatic rings. The molecule has 2 N–H and O–H groups in total. The number of anilines is 1. The Morgan fingerprint density at radius 1 is 1.06 bits per heavy atom. The molecule has 0 unspecified atom stereocenters. The van der Waals surface area contributed by atoms with E-state index in [1.54, 1.807) is 25.1 Å². The Bertz CT molecular complexity index is 1240. The standard InChI is InChI=1S/C23H17ClFN3O4/c1-14-18(24)9-5-11-20(14)26-23(30)21(13-15-6-4-7-16(12-15)28(31)32)27-22(29)17-8-2-3-10-19(17)25/h2-13H,1H3,(H,26,30)(H,27,29)/b21-13-. The van der Waals surface area contributed by atoms with Crippen LogP contribution in [-0.4, -0.2) is 16.7 Å². The van der Waals surface area contributed by atoms with Crippen LogP contribution in [0.25, 0.3) is 6.08 Å².